The third kappa shape index (κ3) is 2.25. The number of allylic oxidation sites excluding steroid dienone is 1. The molecule has 0 atom stereocenters. The van der Waals surface area contributed by atoms with Crippen molar-refractivity contribution in [1.82, 2.24) is 4.57 Å². The van der Waals surface area contributed by atoms with Crippen molar-refractivity contribution in [3.63, 3.8) is 0 Å². The fourth-order valence-electron chi connectivity index (χ4n) is 2.11. The molecule has 0 saturated heterocycles. The third-order valence-electron chi connectivity index (χ3n) is 2.89. The van der Waals surface area contributed by atoms with Gasteiger partial charge >= 0.3 is 0 Å². The summed E-state index contributed by atoms with van der Waals surface area (Å²) in [5, 5.41) is 0. The highest BCUT2D eigenvalue weighted by atomic mass is 19.1. The van der Waals surface area contributed by atoms with E-state index in [9.17, 15) is 9.18 Å². The molecule has 92 valence electrons. The molecule has 0 unspecified atom stereocenters. The molecule has 0 spiro atoms. The standard InChI is InChI=1S/C15H14FNO/c1-11-9-13(5-4-8-18)12(2)17(11)15-7-3-6-14(16)10-15/h3-10H,1-2H3. The van der Waals surface area contributed by atoms with Gasteiger partial charge in [0, 0.05) is 17.1 Å². The lowest BCUT2D eigenvalue weighted by Crippen LogP contribution is -1.99. The first-order valence-corrected chi connectivity index (χ1v) is 5.70. The second-order valence-electron chi connectivity index (χ2n) is 4.14. The molecular weight excluding hydrogens is 229 g/mol. The zero-order chi connectivity index (χ0) is 13.1. The number of rotatable bonds is 3. The predicted octanol–water partition coefficient (Wildman–Crippen LogP) is 3.45. The van der Waals surface area contributed by atoms with E-state index in [2.05, 4.69) is 0 Å². The van der Waals surface area contributed by atoms with E-state index in [1.165, 1.54) is 18.2 Å². The summed E-state index contributed by atoms with van der Waals surface area (Å²) in [4.78, 5) is 10.4. The molecule has 1 aromatic heterocycles. The van der Waals surface area contributed by atoms with E-state index in [-0.39, 0.29) is 5.82 Å². The molecule has 18 heavy (non-hydrogen) atoms. The number of halogens is 1. The lowest BCUT2D eigenvalue weighted by atomic mass is 10.2. The largest absolute Gasteiger partial charge is 0.318 e. The SMILES string of the molecule is Cc1cc(C=CC=O)c(C)n1-c1cccc(F)c1. The average Bonchev–Trinajstić information content (AvgIpc) is 2.62. The van der Waals surface area contributed by atoms with E-state index < -0.39 is 0 Å². The number of carbonyl (C=O) groups excluding carboxylic acids is 1. The number of hydrogen-bond acceptors (Lipinski definition) is 1. The highest BCUT2D eigenvalue weighted by Crippen LogP contribution is 2.22. The lowest BCUT2D eigenvalue weighted by Gasteiger charge is -2.09. The highest BCUT2D eigenvalue weighted by Gasteiger charge is 2.09. The molecule has 0 aliphatic heterocycles. The molecule has 3 heteroatoms. The lowest BCUT2D eigenvalue weighted by molar-refractivity contribution is -0.104. The summed E-state index contributed by atoms with van der Waals surface area (Å²) in [6.45, 7) is 3.90. The molecule has 0 aliphatic carbocycles. The highest BCUT2D eigenvalue weighted by molar-refractivity contribution is 5.74. The van der Waals surface area contributed by atoms with Gasteiger partial charge in [0.05, 0.1) is 0 Å². The third-order valence-corrected chi connectivity index (χ3v) is 2.89. The van der Waals surface area contributed by atoms with Crippen LogP contribution in [0.2, 0.25) is 0 Å². The number of aldehydes is 1. The number of carbonyl (C=O) groups is 1. The summed E-state index contributed by atoms with van der Waals surface area (Å²) in [6.07, 6.45) is 3.96. The zero-order valence-corrected chi connectivity index (χ0v) is 10.4. The first kappa shape index (κ1) is 12.3. The van der Waals surface area contributed by atoms with Gasteiger partial charge in [0.1, 0.15) is 12.1 Å². The molecule has 0 aliphatic rings. The van der Waals surface area contributed by atoms with Crippen molar-refractivity contribution < 1.29 is 9.18 Å². The van der Waals surface area contributed by atoms with Crippen molar-refractivity contribution in [2.45, 2.75) is 13.8 Å². The molecule has 0 N–H and O–H groups in total. The van der Waals surface area contributed by atoms with Crippen LogP contribution in [0.25, 0.3) is 11.8 Å². The molecule has 0 bridgehead atoms. The van der Waals surface area contributed by atoms with Crippen LogP contribution < -0.4 is 0 Å². The van der Waals surface area contributed by atoms with Gasteiger partial charge in [-0.15, -0.1) is 0 Å². The molecule has 1 aromatic carbocycles. The molecule has 1 heterocycles. The fourth-order valence-corrected chi connectivity index (χ4v) is 2.11. The van der Waals surface area contributed by atoms with Crippen LogP contribution >= 0.6 is 0 Å². The monoisotopic (exact) mass is 243 g/mol. The number of aryl methyl sites for hydroxylation is 1. The van der Waals surface area contributed by atoms with Crippen molar-refractivity contribution in [3.8, 4) is 5.69 Å². The number of benzene rings is 1. The molecule has 0 saturated carbocycles. The van der Waals surface area contributed by atoms with Crippen LogP contribution in [-0.2, 0) is 4.79 Å². The van der Waals surface area contributed by atoms with Gasteiger partial charge < -0.3 is 4.57 Å². The number of hydrogen-bond donors (Lipinski definition) is 0. The van der Waals surface area contributed by atoms with Gasteiger partial charge in [-0.3, -0.25) is 4.79 Å². The van der Waals surface area contributed by atoms with Crippen LogP contribution in [-0.4, -0.2) is 10.9 Å². The Hall–Kier alpha value is -2.16. The van der Waals surface area contributed by atoms with Crippen molar-refractivity contribution >= 4 is 12.4 Å². The number of nitrogens with zero attached hydrogens (tertiary/aromatic N) is 1. The van der Waals surface area contributed by atoms with E-state index in [0.717, 1.165) is 28.9 Å². The molecule has 2 aromatic rings. The Balaban J connectivity index is 2.55. The smallest absolute Gasteiger partial charge is 0.142 e. The topological polar surface area (TPSA) is 22.0 Å². The normalized spacial score (nSPS) is 11.1. The Kier molecular flexibility index (Phi) is 3.42. The summed E-state index contributed by atoms with van der Waals surface area (Å²) >= 11 is 0. The van der Waals surface area contributed by atoms with E-state index in [4.69, 9.17) is 0 Å². The minimum Gasteiger partial charge on any atom is -0.318 e. The molecule has 0 radical (unpaired) electrons. The molecular formula is C15H14FNO. The minimum absolute atomic E-state index is 0.259. The maximum absolute atomic E-state index is 13.3. The Morgan fingerprint density at radius 3 is 2.67 bits per heavy atom. The maximum atomic E-state index is 13.3. The molecule has 2 nitrogen and oxygen atoms in total. The van der Waals surface area contributed by atoms with Crippen LogP contribution in [0.4, 0.5) is 4.39 Å². The Labute approximate surface area is 105 Å². The van der Waals surface area contributed by atoms with Crippen molar-refractivity contribution in [1.29, 1.82) is 0 Å². The minimum atomic E-state index is -0.259. The summed E-state index contributed by atoms with van der Waals surface area (Å²) in [5.74, 6) is -0.259. The van der Waals surface area contributed by atoms with Crippen LogP contribution in [0.1, 0.15) is 17.0 Å². The second kappa shape index (κ2) is 5.00. The van der Waals surface area contributed by atoms with Crippen molar-refractivity contribution in [2.75, 3.05) is 0 Å². The molecule has 0 fully saturated rings. The summed E-state index contributed by atoms with van der Waals surface area (Å²) in [7, 11) is 0. The van der Waals surface area contributed by atoms with Gasteiger partial charge in [0.25, 0.3) is 0 Å². The maximum Gasteiger partial charge on any atom is 0.142 e. The van der Waals surface area contributed by atoms with Crippen LogP contribution in [0.5, 0.6) is 0 Å². The van der Waals surface area contributed by atoms with Crippen LogP contribution in [0.3, 0.4) is 0 Å². The van der Waals surface area contributed by atoms with Gasteiger partial charge in [-0.25, -0.2) is 4.39 Å². The second-order valence-corrected chi connectivity index (χ2v) is 4.14. The summed E-state index contributed by atoms with van der Waals surface area (Å²) < 4.78 is 15.2. The number of aromatic nitrogens is 1. The summed E-state index contributed by atoms with van der Waals surface area (Å²) in [6, 6.07) is 8.43. The van der Waals surface area contributed by atoms with E-state index in [0.29, 0.717) is 0 Å². The van der Waals surface area contributed by atoms with Gasteiger partial charge in [-0.2, -0.15) is 0 Å². The fraction of sp³-hybridized carbons (Fsp3) is 0.133. The first-order valence-electron chi connectivity index (χ1n) is 5.70. The van der Waals surface area contributed by atoms with E-state index in [1.54, 1.807) is 12.1 Å². The Morgan fingerprint density at radius 2 is 2.00 bits per heavy atom. The Morgan fingerprint density at radius 1 is 1.22 bits per heavy atom. The van der Waals surface area contributed by atoms with Crippen LogP contribution in [0.15, 0.2) is 36.4 Å². The predicted molar refractivity (Wildman–Crippen MR) is 70.3 cm³/mol. The van der Waals surface area contributed by atoms with Gasteiger partial charge in [0.15, 0.2) is 0 Å². The van der Waals surface area contributed by atoms with Gasteiger partial charge in [0.2, 0.25) is 0 Å². The van der Waals surface area contributed by atoms with Gasteiger partial charge in [-0.05, 0) is 55.8 Å². The Bertz CT molecular complexity index is 611. The van der Waals surface area contributed by atoms with Crippen molar-refractivity contribution in [3.05, 3.63) is 59.2 Å². The summed E-state index contributed by atoms with van der Waals surface area (Å²) in [5.41, 5.74) is 3.74. The van der Waals surface area contributed by atoms with Crippen LogP contribution in [0, 0.1) is 19.7 Å². The average molecular weight is 243 g/mol. The van der Waals surface area contributed by atoms with Crippen molar-refractivity contribution in [2.24, 2.45) is 0 Å². The van der Waals surface area contributed by atoms with E-state index in [1.807, 2.05) is 30.5 Å². The zero-order valence-electron chi connectivity index (χ0n) is 10.4. The molecule has 2 rings (SSSR count). The molecule has 0 amide bonds. The van der Waals surface area contributed by atoms with Gasteiger partial charge in [-0.1, -0.05) is 6.07 Å². The van der Waals surface area contributed by atoms with E-state index >= 15 is 0 Å². The quantitative estimate of drug-likeness (QED) is 0.598. The first-order chi connectivity index (χ1) is 8.63.